The zero-order chi connectivity index (χ0) is 18.2. The smallest absolute Gasteiger partial charge is 0.240 e. The van der Waals surface area contributed by atoms with Crippen molar-refractivity contribution in [3.8, 4) is 0 Å². The van der Waals surface area contributed by atoms with Gasteiger partial charge in [-0.3, -0.25) is 9.59 Å². The molecule has 0 unspecified atom stereocenters. The van der Waals surface area contributed by atoms with E-state index in [-0.39, 0.29) is 24.7 Å². The van der Waals surface area contributed by atoms with Gasteiger partial charge in [0, 0.05) is 29.1 Å². The maximum Gasteiger partial charge on any atom is 0.240 e. The van der Waals surface area contributed by atoms with E-state index in [0.29, 0.717) is 21.3 Å². The van der Waals surface area contributed by atoms with Crippen LogP contribution in [0.5, 0.6) is 0 Å². The average molecular weight is 378 g/mol. The lowest BCUT2D eigenvalue weighted by molar-refractivity contribution is -0.124. The Kier molecular flexibility index (Phi) is 6.98. The molecule has 2 aromatic rings. The van der Waals surface area contributed by atoms with E-state index in [1.165, 1.54) is 6.21 Å². The highest BCUT2D eigenvalue weighted by Gasteiger charge is 2.07. The average Bonchev–Trinajstić information content (AvgIpc) is 2.57. The van der Waals surface area contributed by atoms with Crippen LogP contribution in [0.1, 0.15) is 24.0 Å². The van der Waals surface area contributed by atoms with Crippen LogP contribution < -0.4 is 10.7 Å². The van der Waals surface area contributed by atoms with Crippen LogP contribution in [0.4, 0.5) is 5.69 Å². The van der Waals surface area contributed by atoms with Crippen molar-refractivity contribution in [3.05, 3.63) is 63.6 Å². The van der Waals surface area contributed by atoms with Crippen LogP contribution in [0.2, 0.25) is 10.0 Å². The summed E-state index contributed by atoms with van der Waals surface area (Å²) >= 11 is 11.8. The van der Waals surface area contributed by atoms with Crippen molar-refractivity contribution in [1.29, 1.82) is 0 Å². The molecule has 2 N–H and O–H groups in total. The molecular weight excluding hydrogens is 361 g/mol. The molecule has 2 amide bonds. The Morgan fingerprint density at radius 2 is 1.72 bits per heavy atom. The van der Waals surface area contributed by atoms with Crippen molar-refractivity contribution in [2.45, 2.75) is 19.8 Å². The number of anilines is 1. The topological polar surface area (TPSA) is 70.6 Å². The number of carbonyl (C=O) groups excluding carboxylic acids is 2. The van der Waals surface area contributed by atoms with Gasteiger partial charge >= 0.3 is 0 Å². The SMILES string of the molecule is Cc1ccc(NC(=O)CCC(=O)N/N=C\c2ccc(Cl)cc2Cl)cc1. The quantitative estimate of drug-likeness (QED) is 0.585. The third-order valence-corrected chi connectivity index (χ3v) is 3.83. The van der Waals surface area contributed by atoms with E-state index in [9.17, 15) is 9.59 Å². The number of carbonyl (C=O) groups is 2. The second kappa shape index (κ2) is 9.20. The third-order valence-electron chi connectivity index (χ3n) is 3.27. The predicted molar refractivity (Wildman–Crippen MR) is 101 cm³/mol. The van der Waals surface area contributed by atoms with E-state index in [2.05, 4.69) is 15.8 Å². The zero-order valence-electron chi connectivity index (χ0n) is 13.6. The molecule has 7 heteroatoms. The highest BCUT2D eigenvalue weighted by molar-refractivity contribution is 6.36. The molecule has 0 fully saturated rings. The van der Waals surface area contributed by atoms with Crippen LogP contribution in [0, 0.1) is 6.92 Å². The number of benzene rings is 2. The molecular formula is C18H17Cl2N3O2. The monoisotopic (exact) mass is 377 g/mol. The van der Waals surface area contributed by atoms with Crippen molar-refractivity contribution in [3.63, 3.8) is 0 Å². The lowest BCUT2D eigenvalue weighted by Gasteiger charge is -2.05. The molecule has 0 atom stereocenters. The Morgan fingerprint density at radius 1 is 1.04 bits per heavy atom. The Hall–Kier alpha value is -2.37. The number of nitrogens with zero attached hydrogens (tertiary/aromatic N) is 1. The first kappa shape index (κ1) is 19.0. The van der Waals surface area contributed by atoms with E-state index in [1.54, 1.807) is 18.2 Å². The molecule has 0 spiro atoms. The van der Waals surface area contributed by atoms with Gasteiger partial charge in [-0.1, -0.05) is 47.0 Å². The molecule has 5 nitrogen and oxygen atoms in total. The van der Waals surface area contributed by atoms with Crippen molar-refractivity contribution >= 4 is 46.9 Å². The van der Waals surface area contributed by atoms with E-state index in [1.807, 2.05) is 31.2 Å². The second-order valence-electron chi connectivity index (χ2n) is 5.37. The summed E-state index contributed by atoms with van der Waals surface area (Å²) in [6, 6.07) is 12.4. The summed E-state index contributed by atoms with van der Waals surface area (Å²) in [5, 5.41) is 7.50. The fourth-order valence-electron chi connectivity index (χ4n) is 1.92. The lowest BCUT2D eigenvalue weighted by Crippen LogP contribution is -2.20. The van der Waals surface area contributed by atoms with Gasteiger partial charge in [-0.15, -0.1) is 0 Å². The van der Waals surface area contributed by atoms with Crippen LogP contribution in [0.15, 0.2) is 47.6 Å². The highest BCUT2D eigenvalue weighted by atomic mass is 35.5. The largest absolute Gasteiger partial charge is 0.326 e. The van der Waals surface area contributed by atoms with Crippen LogP contribution >= 0.6 is 23.2 Å². The fraction of sp³-hybridized carbons (Fsp3) is 0.167. The number of amides is 2. The molecule has 25 heavy (non-hydrogen) atoms. The normalized spacial score (nSPS) is 10.7. The van der Waals surface area contributed by atoms with Gasteiger partial charge in [0.1, 0.15) is 0 Å². The molecule has 2 aromatic carbocycles. The van der Waals surface area contributed by atoms with Crippen molar-refractivity contribution in [2.75, 3.05) is 5.32 Å². The van der Waals surface area contributed by atoms with Crippen LogP contribution in [0.25, 0.3) is 0 Å². The zero-order valence-corrected chi connectivity index (χ0v) is 15.1. The number of aryl methyl sites for hydroxylation is 1. The van der Waals surface area contributed by atoms with E-state index in [4.69, 9.17) is 23.2 Å². The first-order chi connectivity index (χ1) is 11.9. The minimum Gasteiger partial charge on any atom is -0.326 e. The molecule has 0 bridgehead atoms. The Labute approximate surface area is 156 Å². The van der Waals surface area contributed by atoms with Crippen molar-refractivity contribution in [2.24, 2.45) is 5.10 Å². The number of rotatable bonds is 6. The van der Waals surface area contributed by atoms with E-state index < -0.39 is 0 Å². The molecule has 0 heterocycles. The fourth-order valence-corrected chi connectivity index (χ4v) is 2.38. The van der Waals surface area contributed by atoms with Crippen molar-refractivity contribution < 1.29 is 9.59 Å². The minimum absolute atomic E-state index is 0.0311. The molecule has 130 valence electrons. The first-order valence-electron chi connectivity index (χ1n) is 7.57. The van der Waals surface area contributed by atoms with Gasteiger partial charge in [0.15, 0.2) is 0 Å². The van der Waals surface area contributed by atoms with Gasteiger partial charge in [0.25, 0.3) is 0 Å². The third kappa shape index (κ3) is 6.57. The minimum atomic E-state index is -0.361. The van der Waals surface area contributed by atoms with Gasteiger partial charge < -0.3 is 5.32 Å². The second-order valence-corrected chi connectivity index (χ2v) is 6.22. The van der Waals surface area contributed by atoms with Gasteiger partial charge in [0.2, 0.25) is 11.8 Å². The van der Waals surface area contributed by atoms with E-state index >= 15 is 0 Å². The molecule has 0 aliphatic rings. The molecule has 0 saturated carbocycles. The van der Waals surface area contributed by atoms with Crippen LogP contribution in [0.3, 0.4) is 0 Å². The summed E-state index contributed by atoms with van der Waals surface area (Å²) < 4.78 is 0. The molecule has 0 saturated heterocycles. The Balaban J connectivity index is 1.75. The first-order valence-corrected chi connectivity index (χ1v) is 8.33. The highest BCUT2D eigenvalue weighted by Crippen LogP contribution is 2.19. The Bertz CT molecular complexity index is 789. The lowest BCUT2D eigenvalue weighted by atomic mass is 10.2. The van der Waals surface area contributed by atoms with Crippen molar-refractivity contribution in [1.82, 2.24) is 5.43 Å². The molecule has 0 aromatic heterocycles. The van der Waals surface area contributed by atoms with Gasteiger partial charge in [-0.2, -0.15) is 5.10 Å². The molecule has 0 radical (unpaired) electrons. The molecule has 0 aliphatic carbocycles. The summed E-state index contributed by atoms with van der Waals surface area (Å²) in [6.45, 7) is 1.97. The molecule has 0 aliphatic heterocycles. The number of hydrogen-bond donors (Lipinski definition) is 2. The summed E-state index contributed by atoms with van der Waals surface area (Å²) in [7, 11) is 0. The number of hydrogen-bond acceptors (Lipinski definition) is 3. The van der Waals surface area contributed by atoms with Crippen LogP contribution in [-0.4, -0.2) is 18.0 Å². The summed E-state index contributed by atoms with van der Waals surface area (Å²) in [5.74, 6) is -0.593. The maximum absolute atomic E-state index is 11.8. The summed E-state index contributed by atoms with van der Waals surface area (Å²) in [6.07, 6.45) is 1.52. The summed E-state index contributed by atoms with van der Waals surface area (Å²) in [4.78, 5) is 23.5. The number of nitrogens with one attached hydrogen (secondary N) is 2. The number of hydrazone groups is 1. The number of halogens is 2. The van der Waals surface area contributed by atoms with Gasteiger partial charge in [-0.25, -0.2) is 5.43 Å². The Morgan fingerprint density at radius 3 is 2.40 bits per heavy atom. The molecule has 2 rings (SSSR count). The van der Waals surface area contributed by atoms with Crippen LogP contribution in [-0.2, 0) is 9.59 Å². The summed E-state index contributed by atoms with van der Waals surface area (Å²) in [5.41, 5.74) is 4.79. The van der Waals surface area contributed by atoms with Gasteiger partial charge in [0.05, 0.1) is 11.2 Å². The maximum atomic E-state index is 11.8. The van der Waals surface area contributed by atoms with Gasteiger partial charge in [-0.05, 0) is 31.2 Å². The predicted octanol–water partition coefficient (Wildman–Crippen LogP) is 4.17. The standard InChI is InChI=1S/C18H17Cl2N3O2/c1-12-2-6-15(7-3-12)22-17(24)8-9-18(25)23-21-11-13-4-5-14(19)10-16(13)20/h2-7,10-11H,8-9H2,1H3,(H,22,24)(H,23,25)/b21-11-. The van der Waals surface area contributed by atoms with E-state index in [0.717, 1.165) is 5.56 Å².